The van der Waals surface area contributed by atoms with E-state index in [1.807, 2.05) is 21.1 Å². The molecule has 7 nitrogen and oxygen atoms in total. The number of nitrogens with zero attached hydrogens (tertiary/aromatic N) is 2. The summed E-state index contributed by atoms with van der Waals surface area (Å²) in [5.41, 5.74) is 0. The topological polar surface area (TPSA) is 78.9 Å². The molecule has 1 heterocycles. The van der Waals surface area contributed by atoms with Gasteiger partial charge in [-0.25, -0.2) is 0 Å². The minimum absolute atomic E-state index is 0.0186. The fourth-order valence-corrected chi connectivity index (χ4v) is 4.76. The minimum Gasteiger partial charge on any atom is -0.756 e. The van der Waals surface area contributed by atoms with Gasteiger partial charge in [0.15, 0.2) is 0 Å². The molecular formula is C25H49N2O5P. The molecule has 0 saturated carbocycles. The summed E-state index contributed by atoms with van der Waals surface area (Å²) in [6.45, 7) is 3.41. The highest BCUT2D eigenvalue weighted by Crippen LogP contribution is 2.42. The van der Waals surface area contributed by atoms with E-state index in [-0.39, 0.29) is 12.5 Å². The number of rotatable bonds is 19. The number of allylic oxidation sites excluding steroid dienone is 2. The van der Waals surface area contributed by atoms with Gasteiger partial charge in [-0.3, -0.25) is 13.9 Å². The quantitative estimate of drug-likeness (QED) is 0.105. The highest BCUT2D eigenvalue weighted by molar-refractivity contribution is 7.45. The smallest absolute Gasteiger partial charge is 0.270 e. The predicted octanol–water partition coefficient (Wildman–Crippen LogP) is 5.40. The largest absolute Gasteiger partial charge is 0.756 e. The Hall–Kier alpha value is -0.720. The van der Waals surface area contributed by atoms with Crippen molar-refractivity contribution >= 4 is 13.7 Å². The number of phosphoric acid groups is 1. The van der Waals surface area contributed by atoms with Gasteiger partial charge < -0.3 is 18.8 Å². The normalized spacial score (nSPS) is 18.8. The van der Waals surface area contributed by atoms with E-state index in [4.69, 9.17) is 9.05 Å². The number of quaternary nitrogens is 1. The first kappa shape index (κ1) is 30.3. The Labute approximate surface area is 202 Å². The lowest BCUT2D eigenvalue weighted by Gasteiger charge is -2.32. The van der Waals surface area contributed by atoms with Crippen molar-refractivity contribution in [1.82, 2.24) is 4.90 Å². The number of phosphoric ester groups is 1. The van der Waals surface area contributed by atoms with Gasteiger partial charge in [-0.2, -0.15) is 0 Å². The van der Waals surface area contributed by atoms with Crippen molar-refractivity contribution in [3.63, 3.8) is 0 Å². The third-order valence-corrected chi connectivity index (χ3v) is 6.93. The van der Waals surface area contributed by atoms with Gasteiger partial charge in [-0.1, -0.05) is 57.6 Å². The Kier molecular flexibility index (Phi) is 15.5. The number of amides is 1. The van der Waals surface area contributed by atoms with Crippen LogP contribution in [0.4, 0.5) is 0 Å². The highest BCUT2D eigenvalue weighted by Gasteiger charge is 2.32. The number of hydrogen-bond donors (Lipinski definition) is 0. The van der Waals surface area contributed by atoms with E-state index in [1.165, 1.54) is 44.9 Å². The molecule has 1 rings (SSSR count). The molecule has 1 unspecified atom stereocenters. The zero-order valence-corrected chi connectivity index (χ0v) is 22.5. The molecule has 1 fully saturated rings. The van der Waals surface area contributed by atoms with Crippen LogP contribution in [0.2, 0.25) is 0 Å². The van der Waals surface area contributed by atoms with Gasteiger partial charge in [0.25, 0.3) is 7.82 Å². The first-order valence-corrected chi connectivity index (χ1v) is 14.5. The second-order valence-electron chi connectivity index (χ2n) is 10.2. The van der Waals surface area contributed by atoms with Crippen molar-refractivity contribution in [2.75, 3.05) is 40.8 Å². The summed E-state index contributed by atoms with van der Waals surface area (Å²) in [7, 11) is 1.47. The summed E-state index contributed by atoms with van der Waals surface area (Å²) in [6.07, 6.45) is 18.6. The van der Waals surface area contributed by atoms with Crippen molar-refractivity contribution in [3.05, 3.63) is 12.2 Å². The third kappa shape index (κ3) is 15.7. The molecule has 0 aromatic carbocycles. The zero-order valence-electron chi connectivity index (χ0n) is 21.6. The molecule has 0 bridgehead atoms. The van der Waals surface area contributed by atoms with Crippen LogP contribution in [0.15, 0.2) is 12.2 Å². The van der Waals surface area contributed by atoms with E-state index in [0.717, 1.165) is 32.1 Å². The minimum atomic E-state index is -4.42. The van der Waals surface area contributed by atoms with Crippen molar-refractivity contribution in [2.24, 2.45) is 0 Å². The van der Waals surface area contributed by atoms with Gasteiger partial charge in [0.2, 0.25) is 5.91 Å². The van der Waals surface area contributed by atoms with E-state index in [9.17, 15) is 14.3 Å². The molecule has 1 saturated heterocycles. The van der Waals surface area contributed by atoms with Gasteiger partial charge in [-0.05, 0) is 44.9 Å². The number of carbonyl (C=O) groups excluding carboxylic acids is 1. The first-order valence-electron chi connectivity index (χ1n) is 13.0. The third-order valence-electron chi connectivity index (χ3n) is 5.93. The highest BCUT2D eigenvalue weighted by atomic mass is 31.2. The Morgan fingerprint density at radius 2 is 1.64 bits per heavy atom. The molecule has 1 aliphatic rings. The maximum absolute atomic E-state index is 12.6. The molecule has 0 aromatic heterocycles. The van der Waals surface area contributed by atoms with Crippen LogP contribution >= 0.6 is 7.82 Å². The fraction of sp³-hybridized carbons (Fsp3) is 0.880. The van der Waals surface area contributed by atoms with Crippen molar-refractivity contribution in [3.8, 4) is 0 Å². The van der Waals surface area contributed by atoms with Crippen LogP contribution in [0.3, 0.4) is 0 Å². The molecule has 0 radical (unpaired) electrons. The van der Waals surface area contributed by atoms with Crippen LogP contribution in [0.25, 0.3) is 0 Å². The summed E-state index contributed by atoms with van der Waals surface area (Å²) < 4.78 is 23.0. The summed E-state index contributed by atoms with van der Waals surface area (Å²) in [4.78, 5) is 26.3. The van der Waals surface area contributed by atoms with Gasteiger partial charge in [0, 0.05) is 13.0 Å². The molecular weight excluding hydrogens is 439 g/mol. The van der Waals surface area contributed by atoms with Crippen molar-refractivity contribution < 1.29 is 27.8 Å². The van der Waals surface area contributed by atoms with Crippen LogP contribution in [0.5, 0.6) is 0 Å². The lowest BCUT2D eigenvalue weighted by molar-refractivity contribution is -0.870. The number of carbonyl (C=O) groups is 1. The Balaban J connectivity index is 2.15. The van der Waals surface area contributed by atoms with E-state index in [2.05, 4.69) is 19.1 Å². The maximum atomic E-state index is 12.6. The molecule has 194 valence electrons. The molecule has 0 spiro atoms. The average molecular weight is 489 g/mol. The lowest BCUT2D eigenvalue weighted by atomic mass is 10.1. The molecule has 0 aromatic rings. The monoisotopic (exact) mass is 488 g/mol. The Morgan fingerprint density at radius 3 is 2.27 bits per heavy atom. The number of likely N-dealkylation sites (tertiary alicyclic amines) is 1. The summed E-state index contributed by atoms with van der Waals surface area (Å²) >= 11 is 0. The van der Waals surface area contributed by atoms with Gasteiger partial charge >= 0.3 is 0 Å². The lowest BCUT2D eigenvalue weighted by Crippen LogP contribution is -2.39. The maximum Gasteiger partial charge on any atom is 0.270 e. The summed E-state index contributed by atoms with van der Waals surface area (Å²) in [5, 5.41) is 0. The fourth-order valence-electron chi connectivity index (χ4n) is 3.87. The predicted molar refractivity (Wildman–Crippen MR) is 132 cm³/mol. The SMILES string of the molecule is CCCCCC/C=C\CCCCCCCC(=O)N1CCC[C@@H]1OP(=O)([O-])OCC[N+](C)(C)C. The van der Waals surface area contributed by atoms with E-state index in [1.54, 1.807) is 4.90 Å². The molecule has 33 heavy (non-hydrogen) atoms. The standard InChI is InChI=1S/C25H49N2O5P/c1-5-6-7-8-9-10-11-12-13-14-15-16-17-19-24(28)26-21-18-20-25(26)32-33(29,30)31-23-22-27(2,3)4/h10-11,25H,5-9,12-23H2,1-4H3/b11-10-/t25-/m0/s1. The van der Waals surface area contributed by atoms with E-state index >= 15 is 0 Å². The molecule has 0 N–H and O–H groups in total. The average Bonchev–Trinajstić information content (AvgIpc) is 3.17. The second-order valence-corrected chi connectivity index (χ2v) is 11.6. The molecule has 8 heteroatoms. The van der Waals surface area contributed by atoms with Crippen LogP contribution < -0.4 is 4.89 Å². The van der Waals surface area contributed by atoms with Crippen molar-refractivity contribution in [2.45, 2.75) is 103 Å². The molecule has 1 aliphatic heterocycles. The van der Waals surface area contributed by atoms with Crippen LogP contribution in [0.1, 0.15) is 96.8 Å². The van der Waals surface area contributed by atoms with Gasteiger partial charge in [-0.15, -0.1) is 0 Å². The first-order chi connectivity index (χ1) is 15.6. The van der Waals surface area contributed by atoms with Crippen LogP contribution in [-0.4, -0.2) is 62.4 Å². The van der Waals surface area contributed by atoms with Gasteiger partial charge in [0.05, 0.1) is 21.1 Å². The van der Waals surface area contributed by atoms with Crippen LogP contribution in [0, 0.1) is 0 Å². The number of hydrogen-bond acceptors (Lipinski definition) is 5. The zero-order chi connectivity index (χ0) is 24.6. The van der Waals surface area contributed by atoms with Crippen LogP contribution in [-0.2, 0) is 18.4 Å². The molecule has 0 aliphatic carbocycles. The van der Waals surface area contributed by atoms with E-state index in [0.29, 0.717) is 30.4 Å². The van der Waals surface area contributed by atoms with Crippen molar-refractivity contribution in [1.29, 1.82) is 0 Å². The Bertz CT molecular complexity index is 606. The number of likely N-dealkylation sites (N-methyl/N-ethyl adjacent to an activating group) is 1. The van der Waals surface area contributed by atoms with E-state index < -0.39 is 14.1 Å². The second kappa shape index (κ2) is 16.8. The molecule has 2 atom stereocenters. The van der Waals surface area contributed by atoms with Gasteiger partial charge in [0.1, 0.15) is 19.4 Å². The Morgan fingerprint density at radius 1 is 1.03 bits per heavy atom. The number of unbranched alkanes of at least 4 members (excludes halogenated alkanes) is 9. The summed E-state index contributed by atoms with van der Waals surface area (Å²) in [6, 6.07) is 0. The summed E-state index contributed by atoms with van der Waals surface area (Å²) in [5.74, 6) is -0.0186. The molecule has 1 amide bonds.